The number of halogens is 1. The smallest absolute Gasteiger partial charge is 0.255 e. The number of rotatable bonds is 3. The molecule has 0 atom stereocenters. The van der Waals surface area contributed by atoms with E-state index in [9.17, 15) is 14.0 Å². The van der Waals surface area contributed by atoms with Gasteiger partial charge in [-0.25, -0.2) is 14.4 Å². The zero-order valence-corrected chi connectivity index (χ0v) is 14.8. The minimum atomic E-state index is -0.352. The first kappa shape index (κ1) is 17.0. The van der Waals surface area contributed by atoms with Gasteiger partial charge < -0.3 is 20.1 Å². The predicted molar refractivity (Wildman–Crippen MR) is 98.0 cm³/mol. The number of aromatic nitrogens is 3. The highest BCUT2D eigenvalue weighted by Crippen LogP contribution is 2.27. The number of nitrogens with zero attached hydrogens (tertiary/aromatic N) is 4. The maximum absolute atomic E-state index is 13.3. The van der Waals surface area contributed by atoms with Crippen LogP contribution >= 0.6 is 0 Å². The summed E-state index contributed by atoms with van der Waals surface area (Å²) < 4.78 is 13.3. The van der Waals surface area contributed by atoms with Crippen molar-refractivity contribution in [1.82, 2.24) is 19.9 Å². The average molecular weight is 368 g/mol. The number of aromatic amines is 1. The van der Waals surface area contributed by atoms with Crippen molar-refractivity contribution in [1.29, 1.82) is 0 Å². The standard InChI is InChI=1S/C18H17FN6O2/c1-24(9-15-22-12-4-3-11(19)6-13(12)23-15)18(27)10-5-14-17(20-7-10)21-8-16(26)25(14)2/h3-7H,8-9H2,1-2H3,(H,20,21)(H,22,23). The van der Waals surface area contributed by atoms with Gasteiger partial charge in [-0.1, -0.05) is 0 Å². The van der Waals surface area contributed by atoms with E-state index in [4.69, 9.17) is 0 Å². The topological polar surface area (TPSA) is 94.2 Å². The third-order valence-corrected chi connectivity index (χ3v) is 4.48. The Kier molecular flexibility index (Phi) is 3.98. The molecular weight excluding hydrogens is 351 g/mol. The summed E-state index contributed by atoms with van der Waals surface area (Å²) in [6.07, 6.45) is 1.47. The molecule has 0 saturated heterocycles. The highest BCUT2D eigenvalue weighted by Gasteiger charge is 2.24. The monoisotopic (exact) mass is 368 g/mol. The summed E-state index contributed by atoms with van der Waals surface area (Å²) in [4.78, 5) is 39.2. The second kappa shape index (κ2) is 6.35. The van der Waals surface area contributed by atoms with Gasteiger partial charge in [0.05, 0.1) is 35.4 Å². The fourth-order valence-corrected chi connectivity index (χ4v) is 3.00. The lowest BCUT2D eigenvalue weighted by atomic mass is 10.2. The van der Waals surface area contributed by atoms with Crippen molar-refractivity contribution >= 4 is 34.4 Å². The Bertz CT molecular complexity index is 1060. The molecule has 0 spiro atoms. The van der Waals surface area contributed by atoms with E-state index in [1.165, 1.54) is 28.1 Å². The van der Waals surface area contributed by atoms with Gasteiger partial charge in [-0.15, -0.1) is 0 Å². The van der Waals surface area contributed by atoms with Crippen LogP contribution in [0.1, 0.15) is 16.2 Å². The summed E-state index contributed by atoms with van der Waals surface area (Å²) in [5.41, 5.74) is 2.13. The average Bonchev–Trinajstić information content (AvgIpc) is 3.05. The molecular formula is C18H17FN6O2. The zero-order chi connectivity index (χ0) is 19.1. The molecule has 1 aromatic carbocycles. The van der Waals surface area contributed by atoms with Gasteiger partial charge in [0, 0.05) is 20.3 Å². The van der Waals surface area contributed by atoms with Crippen LogP contribution in [0.4, 0.5) is 15.9 Å². The molecule has 1 aliphatic rings. The van der Waals surface area contributed by atoms with Crippen molar-refractivity contribution in [3.63, 3.8) is 0 Å². The fourth-order valence-electron chi connectivity index (χ4n) is 3.00. The Labute approximate surface area is 154 Å². The van der Waals surface area contributed by atoms with E-state index in [1.807, 2.05) is 0 Å². The van der Waals surface area contributed by atoms with Crippen LogP contribution in [-0.4, -0.2) is 52.3 Å². The zero-order valence-electron chi connectivity index (χ0n) is 14.8. The third-order valence-electron chi connectivity index (χ3n) is 4.48. The Morgan fingerprint density at radius 1 is 1.37 bits per heavy atom. The van der Waals surface area contributed by atoms with Crippen LogP contribution in [0.5, 0.6) is 0 Å². The molecule has 0 aliphatic carbocycles. The summed E-state index contributed by atoms with van der Waals surface area (Å²) in [5, 5.41) is 2.92. The van der Waals surface area contributed by atoms with Crippen molar-refractivity contribution in [2.45, 2.75) is 6.54 Å². The Hall–Kier alpha value is -3.49. The Morgan fingerprint density at radius 2 is 2.19 bits per heavy atom. The van der Waals surface area contributed by atoms with E-state index in [2.05, 4.69) is 20.3 Å². The number of benzene rings is 1. The number of pyridine rings is 1. The van der Waals surface area contributed by atoms with Crippen molar-refractivity contribution in [2.24, 2.45) is 0 Å². The minimum Gasteiger partial charge on any atom is -0.359 e. The summed E-state index contributed by atoms with van der Waals surface area (Å²) >= 11 is 0. The fraction of sp³-hybridized carbons (Fsp3) is 0.222. The molecule has 0 radical (unpaired) electrons. The van der Waals surface area contributed by atoms with Gasteiger partial charge in [0.2, 0.25) is 5.91 Å². The Balaban J connectivity index is 1.56. The maximum Gasteiger partial charge on any atom is 0.255 e. The molecule has 2 amide bonds. The Morgan fingerprint density at radius 3 is 3.00 bits per heavy atom. The second-order valence-electron chi connectivity index (χ2n) is 6.40. The summed E-state index contributed by atoms with van der Waals surface area (Å²) in [6, 6.07) is 5.92. The molecule has 3 heterocycles. The van der Waals surface area contributed by atoms with Crippen LogP contribution in [-0.2, 0) is 11.3 Å². The number of fused-ring (bicyclic) bond motifs is 2. The van der Waals surface area contributed by atoms with Gasteiger partial charge in [0.25, 0.3) is 5.91 Å². The highest BCUT2D eigenvalue weighted by molar-refractivity contribution is 6.03. The molecule has 138 valence electrons. The molecule has 0 saturated carbocycles. The molecule has 0 fully saturated rings. The van der Waals surface area contributed by atoms with E-state index in [1.54, 1.807) is 26.2 Å². The number of imidazole rings is 1. The first-order valence-corrected chi connectivity index (χ1v) is 8.32. The number of H-pyrrole nitrogens is 1. The number of anilines is 2. The molecule has 4 rings (SSSR count). The molecule has 0 bridgehead atoms. The van der Waals surface area contributed by atoms with Gasteiger partial charge >= 0.3 is 0 Å². The first-order chi connectivity index (χ1) is 12.9. The number of likely N-dealkylation sites (N-methyl/N-ethyl adjacent to an activating group) is 1. The van der Waals surface area contributed by atoms with Crippen molar-refractivity contribution in [2.75, 3.05) is 30.9 Å². The molecule has 9 heteroatoms. The van der Waals surface area contributed by atoms with Gasteiger partial charge in [-0.3, -0.25) is 9.59 Å². The number of hydrogen-bond donors (Lipinski definition) is 2. The van der Waals surface area contributed by atoms with Crippen LogP contribution in [0.2, 0.25) is 0 Å². The number of hydrogen-bond acceptors (Lipinski definition) is 5. The summed E-state index contributed by atoms with van der Waals surface area (Å²) in [7, 11) is 3.29. The molecule has 2 N–H and O–H groups in total. The van der Waals surface area contributed by atoms with Crippen LogP contribution in [0.3, 0.4) is 0 Å². The lowest BCUT2D eigenvalue weighted by Gasteiger charge is -2.26. The molecule has 27 heavy (non-hydrogen) atoms. The lowest BCUT2D eigenvalue weighted by molar-refractivity contribution is -0.116. The second-order valence-corrected chi connectivity index (χ2v) is 6.40. The van der Waals surface area contributed by atoms with Crippen molar-refractivity contribution in [3.8, 4) is 0 Å². The lowest BCUT2D eigenvalue weighted by Crippen LogP contribution is -2.37. The van der Waals surface area contributed by atoms with E-state index in [0.717, 1.165) is 0 Å². The van der Waals surface area contributed by atoms with Gasteiger partial charge in [0.15, 0.2) is 0 Å². The van der Waals surface area contributed by atoms with E-state index < -0.39 is 0 Å². The van der Waals surface area contributed by atoms with Gasteiger partial charge in [-0.2, -0.15) is 0 Å². The quantitative estimate of drug-likeness (QED) is 0.735. The summed E-state index contributed by atoms with van der Waals surface area (Å²) in [6.45, 7) is 0.398. The van der Waals surface area contributed by atoms with Crippen LogP contribution in [0.15, 0.2) is 30.5 Å². The number of carbonyl (C=O) groups excluding carboxylic acids is 2. The van der Waals surface area contributed by atoms with E-state index >= 15 is 0 Å². The largest absolute Gasteiger partial charge is 0.359 e. The number of carbonyl (C=O) groups is 2. The SMILES string of the molecule is CN(Cc1nc2ccc(F)cc2[nH]1)C(=O)c1cnc2c(c1)N(C)C(=O)CN2. The first-order valence-electron chi connectivity index (χ1n) is 8.32. The maximum atomic E-state index is 13.3. The van der Waals surface area contributed by atoms with E-state index in [0.29, 0.717) is 33.9 Å². The molecule has 0 unspecified atom stereocenters. The normalized spacial score (nSPS) is 13.4. The van der Waals surface area contributed by atoms with E-state index in [-0.39, 0.29) is 30.7 Å². The number of nitrogens with one attached hydrogen (secondary N) is 2. The molecule has 3 aromatic rings. The number of amides is 2. The minimum absolute atomic E-state index is 0.100. The summed E-state index contributed by atoms with van der Waals surface area (Å²) in [5.74, 6) is 0.400. The molecule has 8 nitrogen and oxygen atoms in total. The van der Waals surface area contributed by atoms with Crippen LogP contribution in [0.25, 0.3) is 11.0 Å². The highest BCUT2D eigenvalue weighted by atomic mass is 19.1. The van der Waals surface area contributed by atoms with Crippen molar-refractivity contribution in [3.05, 3.63) is 47.7 Å². The third kappa shape index (κ3) is 3.07. The van der Waals surface area contributed by atoms with Gasteiger partial charge in [0.1, 0.15) is 17.5 Å². The van der Waals surface area contributed by atoms with Crippen LogP contribution in [0, 0.1) is 5.82 Å². The molecule has 2 aromatic heterocycles. The van der Waals surface area contributed by atoms with Gasteiger partial charge in [-0.05, 0) is 24.3 Å². The van der Waals surface area contributed by atoms with Crippen molar-refractivity contribution < 1.29 is 14.0 Å². The molecule has 1 aliphatic heterocycles. The predicted octanol–water partition coefficient (Wildman–Crippen LogP) is 1.76. The van der Waals surface area contributed by atoms with Crippen LogP contribution < -0.4 is 10.2 Å².